The van der Waals surface area contributed by atoms with E-state index in [1.54, 1.807) is 11.3 Å². The van der Waals surface area contributed by atoms with Gasteiger partial charge in [-0.05, 0) is 56.4 Å². The van der Waals surface area contributed by atoms with Gasteiger partial charge in [-0.25, -0.2) is 0 Å². The van der Waals surface area contributed by atoms with Gasteiger partial charge in [0.15, 0.2) is 0 Å². The first kappa shape index (κ1) is 21.8. The number of nitriles is 1. The molecule has 1 atom stereocenters. The Bertz CT molecular complexity index is 770. The second-order valence-electron chi connectivity index (χ2n) is 9.40. The van der Waals surface area contributed by atoms with E-state index in [9.17, 15) is 10.1 Å². The number of anilines is 1. The fraction of sp³-hybridized carbons (Fsp3) is 0.750. The molecule has 1 aromatic rings. The fourth-order valence-corrected chi connectivity index (χ4v) is 6.53. The first-order chi connectivity index (χ1) is 14.6. The number of fused-ring (bicyclic) bond motifs is 1. The molecule has 1 amide bonds. The number of hydrogen-bond donors (Lipinski definition) is 1. The summed E-state index contributed by atoms with van der Waals surface area (Å²) in [6, 6.07) is 2.34. The number of carbonyl (C=O) groups is 1. The minimum absolute atomic E-state index is 0.0266. The number of ether oxygens (including phenoxy) is 1. The van der Waals surface area contributed by atoms with Crippen molar-refractivity contribution < 1.29 is 9.53 Å². The third-order valence-electron chi connectivity index (χ3n) is 7.00. The summed E-state index contributed by atoms with van der Waals surface area (Å²) in [4.78, 5) is 16.2. The minimum atomic E-state index is 0.0266. The Balaban J connectivity index is 1.21. The van der Waals surface area contributed by atoms with Crippen LogP contribution in [-0.4, -0.2) is 42.6 Å². The van der Waals surface area contributed by atoms with Crippen LogP contribution in [0.3, 0.4) is 0 Å². The summed E-state index contributed by atoms with van der Waals surface area (Å²) in [6.45, 7) is 5.07. The third-order valence-corrected chi connectivity index (χ3v) is 8.17. The van der Waals surface area contributed by atoms with E-state index in [-0.39, 0.29) is 5.91 Å². The number of piperidine rings is 1. The zero-order valence-electron chi connectivity index (χ0n) is 18.3. The Hall–Kier alpha value is -1.42. The van der Waals surface area contributed by atoms with Gasteiger partial charge in [0.2, 0.25) is 5.91 Å². The Labute approximate surface area is 184 Å². The molecular weight excluding hydrogens is 394 g/mol. The SMILES string of the molecule is CC1CCc2c(sc(NC(=O)CCN3CCC(OC4CCCCC4)CC3)c2C#N)C1. The van der Waals surface area contributed by atoms with Crippen LogP contribution >= 0.6 is 11.3 Å². The highest BCUT2D eigenvalue weighted by molar-refractivity contribution is 7.16. The van der Waals surface area contributed by atoms with E-state index >= 15 is 0 Å². The molecule has 2 fully saturated rings. The van der Waals surface area contributed by atoms with Gasteiger partial charge >= 0.3 is 0 Å². The van der Waals surface area contributed by atoms with Crippen LogP contribution in [0.15, 0.2) is 0 Å². The zero-order chi connectivity index (χ0) is 20.9. The monoisotopic (exact) mass is 429 g/mol. The Kier molecular flexibility index (Phi) is 7.45. The summed E-state index contributed by atoms with van der Waals surface area (Å²) in [5.74, 6) is 0.690. The molecule has 5 nitrogen and oxygen atoms in total. The number of nitrogens with one attached hydrogen (secondary N) is 1. The normalized spacial score (nSPS) is 23.7. The van der Waals surface area contributed by atoms with Gasteiger partial charge in [0.05, 0.1) is 17.8 Å². The highest BCUT2D eigenvalue weighted by atomic mass is 32.1. The summed E-state index contributed by atoms with van der Waals surface area (Å²) < 4.78 is 6.32. The van der Waals surface area contributed by atoms with Gasteiger partial charge in [-0.3, -0.25) is 4.79 Å². The Morgan fingerprint density at radius 2 is 1.90 bits per heavy atom. The van der Waals surface area contributed by atoms with E-state index in [0.29, 0.717) is 30.1 Å². The van der Waals surface area contributed by atoms with Crippen molar-refractivity contribution in [3.05, 3.63) is 16.0 Å². The Morgan fingerprint density at radius 3 is 2.63 bits per heavy atom. The molecule has 164 valence electrons. The molecule has 1 saturated heterocycles. The number of likely N-dealkylation sites (tertiary alicyclic amines) is 1. The van der Waals surface area contributed by atoms with E-state index < -0.39 is 0 Å². The third kappa shape index (κ3) is 5.43. The van der Waals surface area contributed by atoms with Crippen molar-refractivity contribution in [3.63, 3.8) is 0 Å². The molecule has 0 spiro atoms. The van der Waals surface area contributed by atoms with Crippen molar-refractivity contribution >= 4 is 22.2 Å². The lowest BCUT2D eigenvalue weighted by Crippen LogP contribution is -2.40. The number of nitrogens with zero attached hydrogens (tertiary/aromatic N) is 2. The average molecular weight is 430 g/mol. The first-order valence-corrected chi connectivity index (χ1v) is 12.7. The lowest BCUT2D eigenvalue weighted by molar-refractivity contribution is -0.116. The maximum absolute atomic E-state index is 12.6. The molecule has 4 rings (SSSR count). The Morgan fingerprint density at radius 1 is 1.17 bits per heavy atom. The standard InChI is InChI=1S/C24H35N3O2S/c1-17-7-8-20-21(16-25)24(30-22(20)15-17)26-23(28)11-14-27-12-9-19(10-13-27)29-18-5-3-2-4-6-18/h17-19H,2-15H2,1H3,(H,26,28). The van der Waals surface area contributed by atoms with E-state index in [1.807, 2.05) is 0 Å². The highest BCUT2D eigenvalue weighted by Crippen LogP contribution is 2.39. The van der Waals surface area contributed by atoms with E-state index in [2.05, 4.69) is 23.2 Å². The van der Waals surface area contributed by atoms with Gasteiger partial charge in [-0.15, -0.1) is 11.3 Å². The second kappa shape index (κ2) is 10.3. The molecule has 1 saturated carbocycles. The minimum Gasteiger partial charge on any atom is -0.375 e. The number of rotatable bonds is 6. The van der Waals surface area contributed by atoms with Crippen LogP contribution in [0.2, 0.25) is 0 Å². The van der Waals surface area contributed by atoms with Gasteiger partial charge in [-0.1, -0.05) is 26.2 Å². The quantitative estimate of drug-likeness (QED) is 0.699. The molecule has 1 N–H and O–H groups in total. The number of carbonyl (C=O) groups excluding carboxylic acids is 1. The predicted molar refractivity (Wildman–Crippen MR) is 121 cm³/mol. The maximum Gasteiger partial charge on any atom is 0.226 e. The second-order valence-corrected chi connectivity index (χ2v) is 10.5. The van der Waals surface area contributed by atoms with E-state index in [1.165, 1.54) is 42.5 Å². The van der Waals surface area contributed by atoms with Crippen LogP contribution in [0.4, 0.5) is 5.00 Å². The summed E-state index contributed by atoms with van der Waals surface area (Å²) in [5, 5.41) is 13.4. The largest absolute Gasteiger partial charge is 0.375 e. The average Bonchev–Trinajstić information content (AvgIpc) is 3.09. The highest BCUT2D eigenvalue weighted by Gasteiger charge is 2.26. The number of thiophene rings is 1. The summed E-state index contributed by atoms with van der Waals surface area (Å²) >= 11 is 1.61. The molecular formula is C24H35N3O2S. The number of amides is 1. The van der Waals surface area contributed by atoms with Crippen LogP contribution in [-0.2, 0) is 22.4 Å². The number of hydrogen-bond acceptors (Lipinski definition) is 5. The van der Waals surface area contributed by atoms with E-state index in [4.69, 9.17) is 4.74 Å². The summed E-state index contributed by atoms with van der Waals surface area (Å²) in [5.41, 5.74) is 1.88. The van der Waals surface area contributed by atoms with Gasteiger partial charge in [0.25, 0.3) is 0 Å². The van der Waals surface area contributed by atoms with E-state index in [0.717, 1.165) is 56.7 Å². The molecule has 0 radical (unpaired) electrons. The smallest absolute Gasteiger partial charge is 0.226 e. The molecule has 6 heteroatoms. The fourth-order valence-electron chi connectivity index (χ4n) is 5.15. The topological polar surface area (TPSA) is 65.4 Å². The van der Waals surface area contributed by atoms with Crippen molar-refractivity contribution in [1.82, 2.24) is 4.90 Å². The van der Waals surface area contributed by atoms with Crippen LogP contribution in [0.25, 0.3) is 0 Å². The van der Waals surface area contributed by atoms with Crippen LogP contribution < -0.4 is 5.32 Å². The van der Waals surface area contributed by atoms with Crippen molar-refractivity contribution in [3.8, 4) is 6.07 Å². The van der Waals surface area contributed by atoms with Crippen molar-refractivity contribution in [2.24, 2.45) is 5.92 Å². The van der Waals surface area contributed by atoms with Crippen LogP contribution in [0.1, 0.15) is 80.7 Å². The summed E-state index contributed by atoms with van der Waals surface area (Å²) in [7, 11) is 0. The van der Waals surface area contributed by atoms with Gasteiger partial charge in [0, 0.05) is 30.9 Å². The molecule has 1 aliphatic heterocycles. The molecule has 3 aliphatic rings. The molecule has 0 bridgehead atoms. The molecule has 1 unspecified atom stereocenters. The predicted octanol–water partition coefficient (Wildman–Crippen LogP) is 4.89. The lowest BCUT2D eigenvalue weighted by Gasteiger charge is -2.34. The van der Waals surface area contributed by atoms with Crippen LogP contribution in [0, 0.1) is 17.2 Å². The molecule has 2 aliphatic carbocycles. The molecule has 0 aromatic carbocycles. The van der Waals surface area contributed by atoms with Crippen molar-refractivity contribution in [2.75, 3.05) is 25.0 Å². The lowest BCUT2D eigenvalue weighted by atomic mass is 9.89. The van der Waals surface area contributed by atoms with Crippen molar-refractivity contribution in [2.45, 2.75) is 89.8 Å². The maximum atomic E-state index is 12.6. The van der Waals surface area contributed by atoms with Crippen LogP contribution in [0.5, 0.6) is 0 Å². The van der Waals surface area contributed by atoms with Gasteiger partial charge in [-0.2, -0.15) is 5.26 Å². The zero-order valence-corrected chi connectivity index (χ0v) is 19.1. The van der Waals surface area contributed by atoms with Crippen molar-refractivity contribution in [1.29, 1.82) is 5.26 Å². The molecule has 30 heavy (non-hydrogen) atoms. The van der Waals surface area contributed by atoms with Gasteiger partial charge < -0.3 is 15.0 Å². The first-order valence-electron chi connectivity index (χ1n) is 11.8. The van der Waals surface area contributed by atoms with Gasteiger partial charge in [0.1, 0.15) is 11.1 Å². The molecule has 1 aromatic heterocycles. The summed E-state index contributed by atoms with van der Waals surface area (Å²) in [6.07, 6.45) is 13.1. The molecule has 2 heterocycles.